The van der Waals surface area contributed by atoms with Gasteiger partial charge in [-0.15, -0.1) is 0 Å². The van der Waals surface area contributed by atoms with E-state index in [0.29, 0.717) is 29.2 Å². The maximum atomic E-state index is 13.6. The van der Waals surface area contributed by atoms with Crippen molar-refractivity contribution in [1.29, 1.82) is 0 Å². The number of carbonyl (C=O) groups is 3. The number of ether oxygens (including phenoxy) is 2. The molecule has 2 heterocycles. The number of rotatable bonds is 10. The summed E-state index contributed by atoms with van der Waals surface area (Å²) in [6.45, 7) is 9.63. The highest BCUT2D eigenvalue weighted by Gasteiger charge is 2.48. The van der Waals surface area contributed by atoms with Gasteiger partial charge in [0, 0.05) is 5.56 Å². The number of aromatic nitrogens is 1. The van der Waals surface area contributed by atoms with Crippen molar-refractivity contribution in [2.24, 2.45) is 0 Å². The Balaban J connectivity index is 1.52. The number of amides is 1. The molecule has 1 aliphatic heterocycles. The van der Waals surface area contributed by atoms with E-state index in [1.54, 1.807) is 31.2 Å². The standard InChI is InChI=1S/C35H32N2O6S/c1-5-18-42-34(41)32-22(4)36-35(44-32)37-29(25-12-10-23(6-2)11-13-25)28(31(39)33(37)40)30(38)26-14-16-27(17-15-26)43-20-24-9-7-8-21(3)19-24/h5,7-17,19,29,38H,1,6,18,20H2,2-4H3/b30-28+. The first kappa shape index (κ1) is 30.4. The summed E-state index contributed by atoms with van der Waals surface area (Å²) in [5.74, 6) is -2.04. The molecule has 1 atom stereocenters. The van der Waals surface area contributed by atoms with Gasteiger partial charge < -0.3 is 14.6 Å². The molecule has 3 aromatic carbocycles. The molecule has 1 saturated heterocycles. The van der Waals surface area contributed by atoms with Gasteiger partial charge in [-0.25, -0.2) is 9.78 Å². The van der Waals surface area contributed by atoms with Crippen LogP contribution in [0.2, 0.25) is 0 Å². The molecule has 1 amide bonds. The number of carbonyl (C=O) groups excluding carboxylic acids is 3. The smallest absolute Gasteiger partial charge is 0.350 e. The maximum absolute atomic E-state index is 13.6. The number of hydrogen-bond acceptors (Lipinski definition) is 8. The fourth-order valence-corrected chi connectivity index (χ4v) is 5.98. The SMILES string of the molecule is C=CCOC(=O)c1sc(N2C(=O)C(=O)/C(=C(/O)c3ccc(OCc4cccc(C)c4)cc3)C2c2ccc(CC)cc2)nc1C. The lowest BCUT2D eigenvalue weighted by Gasteiger charge is -2.23. The number of nitrogens with zero attached hydrogens (tertiary/aromatic N) is 2. The van der Waals surface area contributed by atoms with Crippen LogP contribution < -0.4 is 9.64 Å². The lowest BCUT2D eigenvalue weighted by Crippen LogP contribution is -2.29. The monoisotopic (exact) mass is 608 g/mol. The predicted molar refractivity (Wildman–Crippen MR) is 170 cm³/mol. The van der Waals surface area contributed by atoms with E-state index in [1.807, 2.05) is 62.4 Å². The minimum Gasteiger partial charge on any atom is -0.507 e. The normalized spacial score (nSPS) is 15.8. The molecule has 0 spiro atoms. The summed E-state index contributed by atoms with van der Waals surface area (Å²) in [7, 11) is 0. The molecule has 1 N–H and O–H groups in total. The Morgan fingerprint density at radius 3 is 2.43 bits per heavy atom. The van der Waals surface area contributed by atoms with Gasteiger partial charge in [-0.1, -0.05) is 85.0 Å². The van der Waals surface area contributed by atoms with Gasteiger partial charge in [0.05, 0.1) is 17.3 Å². The number of aliphatic hydroxyl groups excluding tert-OH is 1. The Morgan fingerprint density at radius 1 is 1.05 bits per heavy atom. The molecule has 5 rings (SSSR count). The number of esters is 1. The zero-order chi connectivity index (χ0) is 31.4. The van der Waals surface area contributed by atoms with E-state index in [1.165, 1.54) is 11.0 Å². The van der Waals surface area contributed by atoms with E-state index in [-0.39, 0.29) is 27.9 Å². The summed E-state index contributed by atoms with van der Waals surface area (Å²) in [5, 5.41) is 11.7. The summed E-state index contributed by atoms with van der Waals surface area (Å²) in [5.41, 5.74) is 4.50. The third-order valence-electron chi connectivity index (χ3n) is 7.27. The zero-order valence-electron chi connectivity index (χ0n) is 24.7. The van der Waals surface area contributed by atoms with Crippen molar-refractivity contribution in [3.63, 3.8) is 0 Å². The first-order chi connectivity index (χ1) is 21.2. The number of benzene rings is 3. The van der Waals surface area contributed by atoms with Crippen LogP contribution in [0.3, 0.4) is 0 Å². The van der Waals surface area contributed by atoms with E-state index < -0.39 is 23.7 Å². The van der Waals surface area contributed by atoms with Crippen LogP contribution >= 0.6 is 11.3 Å². The molecule has 1 aromatic heterocycles. The van der Waals surface area contributed by atoms with Crippen LogP contribution in [0.4, 0.5) is 5.13 Å². The topological polar surface area (TPSA) is 106 Å². The van der Waals surface area contributed by atoms with Gasteiger partial charge in [0.15, 0.2) is 5.13 Å². The molecule has 224 valence electrons. The summed E-state index contributed by atoms with van der Waals surface area (Å²) in [4.78, 5) is 45.7. The molecule has 0 radical (unpaired) electrons. The number of aryl methyl sites for hydroxylation is 3. The highest BCUT2D eigenvalue weighted by atomic mass is 32.1. The van der Waals surface area contributed by atoms with E-state index >= 15 is 0 Å². The molecule has 8 nitrogen and oxygen atoms in total. The summed E-state index contributed by atoms with van der Waals surface area (Å²) in [6, 6.07) is 21.2. The third kappa shape index (κ3) is 6.18. The largest absolute Gasteiger partial charge is 0.507 e. The number of Topliss-reactive ketones (excluding diaryl/α,β-unsaturated/α-hetero) is 1. The minimum absolute atomic E-state index is 0.0234. The number of aliphatic hydroxyl groups is 1. The summed E-state index contributed by atoms with van der Waals surface area (Å²) >= 11 is 0.955. The van der Waals surface area contributed by atoms with Crippen LogP contribution in [-0.4, -0.2) is 34.4 Å². The van der Waals surface area contributed by atoms with Crippen LogP contribution in [0, 0.1) is 13.8 Å². The molecular weight excluding hydrogens is 576 g/mol. The van der Waals surface area contributed by atoms with Gasteiger partial charge in [-0.2, -0.15) is 0 Å². The molecule has 4 aromatic rings. The number of anilines is 1. The molecule has 0 aliphatic carbocycles. The second-order valence-electron chi connectivity index (χ2n) is 10.4. The van der Waals surface area contributed by atoms with Gasteiger partial charge in [-0.3, -0.25) is 14.5 Å². The highest BCUT2D eigenvalue weighted by Crippen LogP contribution is 2.44. The fourth-order valence-electron chi connectivity index (χ4n) is 4.99. The molecule has 1 fully saturated rings. The first-order valence-corrected chi connectivity index (χ1v) is 15.0. The second kappa shape index (κ2) is 13.1. The van der Waals surface area contributed by atoms with Gasteiger partial charge in [0.25, 0.3) is 5.78 Å². The number of ketones is 1. The van der Waals surface area contributed by atoms with Crippen molar-refractivity contribution >= 4 is 39.9 Å². The van der Waals surface area contributed by atoms with Crippen LogP contribution in [-0.2, 0) is 27.4 Å². The Hall–Kier alpha value is -5.02. The fraction of sp³-hybridized carbons (Fsp3) is 0.200. The Labute approximate surface area is 259 Å². The zero-order valence-corrected chi connectivity index (χ0v) is 25.5. The van der Waals surface area contributed by atoms with Crippen molar-refractivity contribution in [2.45, 2.75) is 39.8 Å². The first-order valence-electron chi connectivity index (χ1n) is 14.2. The van der Waals surface area contributed by atoms with E-state index in [0.717, 1.165) is 34.4 Å². The third-order valence-corrected chi connectivity index (χ3v) is 8.41. The predicted octanol–water partition coefficient (Wildman–Crippen LogP) is 6.87. The lowest BCUT2D eigenvalue weighted by atomic mass is 9.94. The van der Waals surface area contributed by atoms with Crippen LogP contribution in [0.1, 0.15) is 56.1 Å². The van der Waals surface area contributed by atoms with Crippen LogP contribution in [0.25, 0.3) is 5.76 Å². The number of hydrogen-bond donors (Lipinski definition) is 1. The quantitative estimate of drug-likeness (QED) is 0.0689. The average molecular weight is 609 g/mol. The summed E-state index contributed by atoms with van der Waals surface area (Å²) in [6.07, 6.45) is 2.26. The maximum Gasteiger partial charge on any atom is 0.350 e. The van der Waals surface area contributed by atoms with E-state index in [9.17, 15) is 19.5 Å². The number of thiazole rings is 1. The molecule has 1 unspecified atom stereocenters. The van der Waals surface area contributed by atoms with E-state index in [2.05, 4.69) is 11.6 Å². The molecule has 0 saturated carbocycles. The molecule has 44 heavy (non-hydrogen) atoms. The average Bonchev–Trinajstić information content (AvgIpc) is 3.54. The van der Waals surface area contributed by atoms with Gasteiger partial charge >= 0.3 is 11.9 Å². The highest BCUT2D eigenvalue weighted by molar-refractivity contribution is 7.17. The van der Waals surface area contributed by atoms with Crippen molar-refractivity contribution in [1.82, 2.24) is 4.98 Å². The van der Waals surface area contributed by atoms with Crippen LogP contribution in [0.15, 0.2) is 91.0 Å². The molecule has 0 bridgehead atoms. The minimum atomic E-state index is -0.972. The van der Waals surface area contributed by atoms with Crippen molar-refractivity contribution in [3.8, 4) is 5.75 Å². The van der Waals surface area contributed by atoms with Crippen LogP contribution in [0.5, 0.6) is 5.75 Å². The Bertz CT molecular complexity index is 1750. The Morgan fingerprint density at radius 2 is 1.77 bits per heavy atom. The molecule has 1 aliphatic rings. The van der Waals surface area contributed by atoms with Gasteiger partial charge in [0.1, 0.15) is 29.6 Å². The Kier molecular flexibility index (Phi) is 9.06. The van der Waals surface area contributed by atoms with Gasteiger partial charge in [0.2, 0.25) is 0 Å². The lowest BCUT2D eigenvalue weighted by molar-refractivity contribution is -0.132. The molecular formula is C35H32N2O6S. The van der Waals surface area contributed by atoms with Crippen molar-refractivity contribution in [2.75, 3.05) is 11.5 Å². The summed E-state index contributed by atoms with van der Waals surface area (Å²) < 4.78 is 11.1. The second-order valence-corrected chi connectivity index (χ2v) is 11.3. The van der Waals surface area contributed by atoms with E-state index in [4.69, 9.17) is 9.47 Å². The van der Waals surface area contributed by atoms with Crippen molar-refractivity contribution < 1.29 is 29.0 Å². The molecule has 9 heteroatoms. The van der Waals surface area contributed by atoms with Crippen molar-refractivity contribution in [3.05, 3.63) is 129 Å². The van der Waals surface area contributed by atoms with Gasteiger partial charge in [-0.05, 0) is 61.2 Å².